The highest BCUT2D eigenvalue weighted by Crippen LogP contribution is 2.32. The summed E-state index contributed by atoms with van der Waals surface area (Å²) in [6.07, 6.45) is 2.09. The van der Waals surface area contributed by atoms with E-state index in [-0.39, 0.29) is 5.92 Å². The Morgan fingerprint density at radius 3 is 2.32 bits per heavy atom. The molecule has 25 heavy (non-hydrogen) atoms. The minimum absolute atomic E-state index is 0.201. The molecule has 4 rings (SSSR count). The van der Waals surface area contributed by atoms with E-state index < -0.39 is 0 Å². The first kappa shape index (κ1) is 15.5. The average Bonchev–Trinajstić information content (AvgIpc) is 3.00. The summed E-state index contributed by atoms with van der Waals surface area (Å²) in [6.45, 7) is 4.30. The van der Waals surface area contributed by atoms with E-state index >= 15 is 0 Å². The summed E-state index contributed by atoms with van der Waals surface area (Å²) in [6, 6.07) is 25.0. The van der Waals surface area contributed by atoms with Crippen molar-refractivity contribution in [3.05, 3.63) is 95.8 Å². The maximum atomic E-state index is 4.95. The highest BCUT2D eigenvalue weighted by atomic mass is 15.1. The lowest BCUT2D eigenvalue weighted by Crippen LogP contribution is -2.02. The first-order valence-corrected chi connectivity index (χ1v) is 8.58. The number of hydrogen-bond donors (Lipinski definition) is 1. The number of rotatable bonds is 4. The normalized spacial score (nSPS) is 12.2. The van der Waals surface area contributed by atoms with Gasteiger partial charge >= 0.3 is 0 Å². The van der Waals surface area contributed by atoms with Crippen LogP contribution in [0.5, 0.6) is 0 Å². The average molecular weight is 327 g/mol. The Balaban J connectivity index is 1.86. The van der Waals surface area contributed by atoms with Crippen molar-refractivity contribution in [2.24, 2.45) is 0 Å². The fraction of sp³-hybridized carbons (Fsp3) is 0.136. The molecule has 0 bridgehead atoms. The first-order valence-electron chi connectivity index (χ1n) is 8.58. The Labute approximate surface area is 148 Å². The number of para-hydroxylation sites is 1. The van der Waals surface area contributed by atoms with Crippen molar-refractivity contribution < 1.29 is 0 Å². The van der Waals surface area contributed by atoms with Crippen LogP contribution in [-0.2, 0) is 0 Å². The van der Waals surface area contributed by atoms with Gasteiger partial charge in [0.25, 0.3) is 0 Å². The number of pyridine rings is 1. The van der Waals surface area contributed by atoms with Crippen molar-refractivity contribution in [3.8, 4) is 0 Å². The van der Waals surface area contributed by atoms with Gasteiger partial charge in [0.05, 0.1) is 5.69 Å². The second kappa shape index (κ2) is 6.44. The Morgan fingerprint density at radius 2 is 1.60 bits per heavy atom. The number of aromatic nitrogens is 2. The molecule has 0 amide bonds. The third-order valence-corrected chi connectivity index (χ3v) is 4.55. The zero-order valence-electron chi connectivity index (χ0n) is 14.5. The van der Waals surface area contributed by atoms with E-state index in [1.54, 1.807) is 0 Å². The van der Waals surface area contributed by atoms with Crippen molar-refractivity contribution in [2.45, 2.75) is 19.8 Å². The number of benzene rings is 2. The molecule has 1 atom stereocenters. The third kappa shape index (κ3) is 3.01. The van der Waals surface area contributed by atoms with Crippen LogP contribution < -0.4 is 5.32 Å². The number of imidazole rings is 1. The maximum Gasteiger partial charge on any atom is 0.138 e. The standard InChI is InChI=1S/C22H21N3/c1-16-13-14-25-20(15-16)24-21(17(2)18-9-5-3-6-10-18)22(25)23-19-11-7-4-8-12-19/h3-15,17,23H,1-2H3. The monoisotopic (exact) mass is 327 g/mol. The highest BCUT2D eigenvalue weighted by molar-refractivity contribution is 5.65. The van der Waals surface area contributed by atoms with Gasteiger partial charge in [0.15, 0.2) is 0 Å². The molecule has 124 valence electrons. The molecule has 3 heteroatoms. The van der Waals surface area contributed by atoms with E-state index in [0.29, 0.717) is 0 Å². The van der Waals surface area contributed by atoms with Crippen LogP contribution in [0.1, 0.15) is 29.7 Å². The molecule has 2 aromatic carbocycles. The van der Waals surface area contributed by atoms with Crippen LogP contribution >= 0.6 is 0 Å². The van der Waals surface area contributed by atoms with Crippen molar-refractivity contribution in [2.75, 3.05) is 5.32 Å². The second-order valence-electron chi connectivity index (χ2n) is 6.40. The quantitative estimate of drug-likeness (QED) is 0.533. The Kier molecular flexibility index (Phi) is 3.98. The molecule has 2 heterocycles. The van der Waals surface area contributed by atoms with Crippen LogP contribution in [0.25, 0.3) is 5.65 Å². The number of hydrogen-bond acceptors (Lipinski definition) is 2. The topological polar surface area (TPSA) is 29.3 Å². The van der Waals surface area contributed by atoms with Crippen molar-refractivity contribution in [1.82, 2.24) is 9.38 Å². The minimum atomic E-state index is 0.201. The number of nitrogens with one attached hydrogen (secondary N) is 1. The zero-order chi connectivity index (χ0) is 17.2. The third-order valence-electron chi connectivity index (χ3n) is 4.55. The molecule has 0 aliphatic rings. The van der Waals surface area contributed by atoms with E-state index in [9.17, 15) is 0 Å². The van der Waals surface area contributed by atoms with Gasteiger partial charge in [-0.15, -0.1) is 0 Å². The Morgan fingerprint density at radius 1 is 0.920 bits per heavy atom. The number of fused-ring (bicyclic) bond motifs is 1. The lowest BCUT2D eigenvalue weighted by Gasteiger charge is -2.14. The summed E-state index contributed by atoms with van der Waals surface area (Å²) < 4.78 is 2.13. The maximum absolute atomic E-state index is 4.95. The van der Waals surface area contributed by atoms with Crippen LogP contribution in [0.15, 0.2) is 79.0 Å². The van der Waals surface area contributed by atoms with Gasteiger partial charge in [-0.1, -0.05) is 55.5 Å². The van der Waals surface area contributed by atoms with Gasteiger partial charge in [0.2, 0.25) is 0 Å². The summed E-state index contributed by atoms with van der Waals surface area (Å²) in [7, 11) is 0. The van der Waals surface area contributed by atoms with Crippen molar-refractivity contribution >= 4 is 17.2 Å². The summed E-state index contributed by atoms with van der Waals surface area (Å²) in [5, 5.41) is 3.57. The van der Waals surface area contributed by atoms with Crippen molar-refractivity contribution in [1.29, 1.82) is 0 Å². The van der Waals surface area contributed by atoms with Gasteiger partial charge in [0.1, 0.15) is 11.5 Å². The predicted molar refractivity (Wildman–Crippen MR) is 104 cm³/mol. The number of nitrogens with zero attached hydrogens (tertiary/aromatic N) is 2. The molecule has 2 aromatic heterocycles. The van der Waals surface area contributed by atoms with E-state index in [1.807, 2.05) is 24.3 Å². The summed E-state index contributed by atoms with van der Waals surface area (Å²) in [5.41, 5.74) is 5.56. The van der Waals surface area contributed by atoms with E-state index in [2.05, 4.69) is 78.3 Å². The van der Waals surface area contributed by atoms with Gasteiger partial charge in [-0.2, -0.15) is 0 Å². The van der Waals surface area contributed by atoms with Crippen molar-refractivity contribution in [3.63, 3.8) is 0 Å². The molecule has 4 aromatic rings. The van der Waals surface area contributed by atoms with Gasteiger partial charge in [0, 0.05) is 17.8 Å². The predicted octanol–water partition coefficient (Wildman–Crippen LogP) is 5.54. The first-order chi connectivity index (χ1) is 12.2. The van der Waals surface area contributed by atoms with Gasteiger partial charge in [-0.3, -0.25) is 4.40 Å². The SMILES string of the molecule is Cc1ccn2c(Nc3ccccc3)c(C(C)c3ccccc3)nc2c1. The number of anilines is 2. The fourth-order valence-corrected chi connectivity index (χ4v) is 3.15. The molecule has 0 saturated heterocycles. The summed E-state index contributed by atoms with van der Waals surface area (Å²) in [4.78, 5) is 4.95. The van der Waals surface area contributed by atoms with E-state index in [4.69, 9.17) is 4.98 Å². The van der Waals surface area contributed by atoms with Gasteiger partial charge in [-0.05, 0) is 42.3 Å². The molecule has 0 aliphatic carbocycles. The fourth-order valence-electron chi connectivity index (χ4n) is 3.15. The second-order valence-corrected chi connectivity index (χ2v) is 6.40. The van der Waals surface area contributed by atoms with Crippen LogP contribution in [0.3, 0.4) is 0 Å². The Bertz CT molecular complexity index is 988. The zero-order valence-corrected chi connectivity index (χ0v) is 14.5. The highest BCUT2D eigenvalue weighted by Gasteiger charge is 2.19. The van der Waals surface area contributed by atoms with Gasteiger partial charge in [-0.25, -0.2) is 4.98 Å². The molecule has 0 fully saturated rings. The molecular formula is C22H21N3. The van der Waals surface area contributed by atoms with E-state index in [1.165, 1.54) is 11.1 Å². The molecule has 0 spiro atoms. The molecule has 1 N–H and O–H groups in total. The summed E-state index contributed by atoms with van der Waals surface area (Å²) in [5.74, 6) is 1.23. The largest absolute Gasteiger partial charge is 0.340 e. The van der Waals surface area contributed by atoms with Crippen LogP contribution in [0.4, 0.5) is 11.5 Å². The van der Waals surface area contributed by atoms with Gasteiger partial charge < -0.3 is 5.32 Å². The van der Waals surface area contributed by atoms with Crippen LogP contribution in [0.2, 0.25) is 0 Å². The molecule has 1 unspecified atom stereocenters. The lowest BCUT2D eigenvalue weighted by molar-refractivity contribution is 0.888. The number of aryl methyl sites for hydroxylation is 1. The Hall–Kier alpha value is -3.07. The van der Waals surface area contributed by atoms with E-state index in [0.717, 1.165) is 22.8 Å². The lowest BCUT2D eigenvalue weighted by atomic mass is 9.98. The molecular weight excluding hydrogens is 306 g/mol. The summed E-state index contributed by atoms with van der Waals surface area (Å²) >= 11 is 0. The van der Waals surface area contributed by atoms with Crippen LogP contribution in [-0.4, -0.2) is 9.38 Å². The molecule has 3 nitrogen and oxygen atoms in total. The molecule has 0 saturated carbocycles. The molecule has 0 radical (unpaired) electrons. The molecule has 0 aliphatic heterocycles. The smallest absolute Gasteiger partial charge is 0.138 e. The van der Waals surface area contributed by atoms with Crippen LogP contribution in [0, 0.1) is 6.92 Å². The minimum Gasteiger partial charge on any atom is -0.340 e.